The van der Waals surface area contributed by atoms with Gasteiger partial charge in [-0.15, -0.1) is 24.0 Å². The minimum atomic E-state index is -2.65. The summed E-state index contributed by atoms with van der Waals surface area (Å²) in [5.74, 6) is -0.348. The lowest BCUT2D eigenvalue weighted by Crippen LogP contribution is -1.97. The number of hydrogen-bond donors (Lipinski definition) is 0. The summed E-state index contributed by atoms with van der Waals surface area (Å²) in [5.41, 5.74) is 1.83. The van der Waals surface area contributed by atoms with Crippen LogP contribution >= 0.6 is 24.0 Å². The van der Waals surface area contributed by atoms with Crippen LogP contribution in [0.5, 0.6) is 0 Å². The SMILES string of the molecule is Cc1cc(-c2cnc(C(F)F)c(CCl)c2)ccc1F.Cl. The molecule has 1 aromatic carbocycles. The molecular formula is C14H12Cl2F3N. The van der Waals surface area contributed by atoms with Crippen molar-refractivity contribution >= 4 is 24.0 Å². The van der Waals surface area contributed by atoms with Gasteiger partial charge in [-0.3, -0.25) is 4.98 Å². The van der Waals surface area contributed by atoms with Crippen LogP contribution < -0.4 is 0 Å². The van der Waals surface area contributed by atoms with E-state index in [9.17, 15) is 13.2 Å². The van der Waals surface area contributed by atoms with E-state index < -0.39 is 6.43 Å². The number of hydrogen-bond acceptors (Lipinski definition) is 1. The highest BCUT2D eigenvalue weighted by atomic mass is 35.5. The zero-order valence-corrected chi connectivity index (χ0v) is 12.1. The molecule has 0 bridgehead atoms. The minimum Gasteiger partial charge on any atom is -0.254 e. The molecule has 0 aliphatic rings. The van der Waals surface area contributed by atoms with Gasteiger partial charge in [-0.2, -0.15) is 0 Å². The van der Waals surface area contributed by atoms with Crippen molar-refractivity contribution in [2.45, 2.75) is 19.2 Å². The Hall–Kier alpha value is -1.26. The van der Waals surface area contributed by atoms with Gasteiger partial charge in [-0.25, -0.2) is 13.2 Å². The third-order valence-corrected chi connectivity index (χ3v) is 3.13. The van der Waals surface area contributed by atoms with Crippen molar-refractivity contribution in [3.05, 3.63) is 53.1 Å². The van der Waals surface area contributed by atoms with Gasteiger partial charge in [0.05, 0.1) is 0 Å². The Labute approximate surface area is 126 Å². The van der Waals surface area contributed by atoms with Crippen LogP contribution in [0.1, 0.15) is 23.2 Å². The molecule has 2 aromatic rings. The summed E-state index contributed by atoms with van der Waals surface area (Å²) in [6.45, 7) is 1.64. The second-order valence-corrected chi connectivity index (χ2v) is 4.43. The predicted octanol–water partition coefficient (Wildman–Crippen LogP) is 5.29. The highest BCUT2D eigenvalue weighted by molar-refractivity contribution is 6.17. The van der Waals surface area contributed by atoms with E-state index in [2.05, 4.69) is 4.98 Å². The van der Waals surface area contributed by atoms with Gasteiger partial charge in [0.15, 0.2) is 0 Å². The number of rotatable bonds is 3. The minimum absolute atomic E-state index is 0. The summed E-state index contributed by atoms with van der Waals surface area (Å²) in [5, 5.41) is 0. The summed E-state index contributed by atoms with van der Waals surface area (Å²) in [4.78, 5) is 3.75. The van der Waals surface area contributed by atoms with Crippen molar-refractivity contribution in [1.29, 1.82) is 0 Å². The molecule has 0 fully saturated rings. The Morgan fingerprint density at radius 1 is 1.20 bits per heavy atom. The van der Waals surface area contributed by atoms with Crippen molar-refractivity contribution in [1.82, 2.24) is 4.98 Å². The third kappa shape index (κ3) is 3.44. The summed E-state index contributed by atoms with van der Waals surface area (Å²) < 4.78 is 38.6. The van der Waals surface area contributed by atoms with Gasteiger partial charge >= 0.3 is 0 Å². The molecule has 0 N–H and O–H groups in total. The summed E-state index contributed by atoms with van der Waals surface area (Å²) in [7, 11) is 0. The fourth-order valence-electron chi connectivity index (χ4n) is 1.81. The molecule has 0 atom stereocenters. The molecule has 0 amide bonds. The Bertz CT molecular complexity index is 603. The number of nitrogens with zero attached hydrogens (tertiary/aromatic N) is 1. The molecule has 0 aliphatic heterocycles. The molecule has 1 heterocycles. The highest BCUT2D eigenvalue weighted by Gasteiger charge is 2.15. The molecule has 0 unspecified atom stereocenters. The average Bonchev–Trinajstić information content (AvgIpc) is 2.41. The quantitative estimate of drug-likeness (QED) is 0.699. The molecule has 0 saturated carbocycles. The number of pyridine rings is 1. The Morgan fingerprint density at radius 3 is 2.45 bits per heavy atom. The molecule has 20 heavy (non-hydrogen) atoms. The topological polar surface area (TPSA) is 12.9 Å². The molecule has 6 heteroatoms. The first-order valence-corrected chi connectivity index (χ1v) is 6.16. The molecule has 0 radical (unpaired) electrons. The maximum atomic E-state index is 13.2. The molecule has 0 spiro atoms. The van der Waals surface area contributed by atoms with Gasteiger partial charge in [-0.05, 0) is 41.8 Å². The first-order valence-electron chi connectivity index (χ1n) is 5.62. The van der Waals surface area contributed by atoms with Crippen molar-refractivity contribution in [2.24, 2.45) is 0 Å². The number of aryl methyl sites for hydroxylation is 1. The van der Waals surface area contributed by atoms with Gasteiger partial charge in [0.25, 0.3) is 6.43 Å². The number of alkyl halides is 3. The van der Waals surface area contributed by atoms with Crippen LogP contribution in [0.2, 0.25) is 0 Å². The largest absolute Gasteiger partial charge is 0.280 e. The molecule has 108 valence electrons. The standard InChI is InChI=1S/C14H11ClF3N.ClH/c1-8-4-9(2-3-12(8)16)11-5-10(6-15)13(14(17)18)19-7-11;/h2-5,7,14H,6H2,1H3;1H. The zero-order valence-electron chi connectivity index (χ0n) is 10.5. The van der Waals surface area contributed by atoms with Crippen molar-refractivity contribution in [3.63, 3.8) is 0 Å². The summed E-state index contributed by atoms with van der Waals surface area (Å²) >= 11 is 5.66. The van der Waals surface area contributed by atoms with Crippen LogP contribution in [0.4, 0.5) is 13.2 Å². The normalized spacial score (nSPS) is 10.5. The van der Waals surface area contributed by atoms with E-state index in [0.717, 1.165) is 5.56 Å². The molecule has 0 aliphatic carbocycles. The van der Waals surface area contributed by atoms with Crippen LogP contribution in [0.15, 0.2) is 30.5 Å². The van der Waals surface area contributed by atoms with Crippen LogP contribution in [0, 0.1) is 12.7 Å². The maximum absolute atomic E-state index is 13.2. The number of halogens is 5. The van der Waals surface area contributed by atoms with Crippen LogP contribution in [-0.2, 0) is 5.88 Å². The molecule has 1 nitrogen and oxygen atoms in total. The van der Waals surface area contributed by atoms with Crippen LogP contribution in [-0.4, -0.2) is 4.98 Å². The smallest absolute Gasteiger partial charge is 0.254 e. The summed E-state index contributed by atoms with van der Waals surface area (Å²) in [6, 6.07) is 6.13. The number of aromatic nitrogens is 1. The van der Waals surface area contributed by atoms with E-state index in [4.69, 9.17) is 11.6 Å². The predicted molar refractivity (Wildman–Crippen MR) is 76.1 cm³/mol. The lowest BCUT2D eigenvalue weighted by molar-refractivity contribution is 0.145. The van der Waals surface area contributed by atoms with Crippen molar-refractivity contribution in [3.8, 4) is 11.1 Å². The summed E-state index contributed by atoms with van der Waals surface area (Å²) in [6.07, 6.45) is -1.30. The average molecular weight is 322 g/mol. The lowest BCUT2D eigenvalue weighted by Gasteiger charge is -2.09. The van der Waals surface area contributed by atoms with Crippen LogP contribution in [0.3, 0.4) is 0 Å². The number of benzene rings is 1. The molecular weight excluding hydrogens is 310 g/mol. The maximum Gasteiger partial charge on any atom is 0.280 e. The van der Waals surface area contributed by atoms with E-state index in [1.807, 2.05) is 0 Å². The van der Waals surface area contributed by atoms with Crippen LogP contribution in [0.25, 0.3) is 11.1 Å². The molecule has 2 rings (SSSR count). The van der Waals surface area contributed by atoms with Gasteiger partial charge in [0, 0.05) is 17.6 Å². The fraction of sp³-hybridized carbons (Fsp3) is 0.214. The second-order valence-electron chi connectivity index (χ2n) is 4.17. The molecule has 0 saturated heterocycles. The fourth-order valence-corrected chi connectivity index (χ4v) is 2.02. The first kappa shape index (κ1) is 16.8. The van der Waals surface area contributed by atoms with Crippen molar-refractivity contribution < 1.29 is 13.2 Å². The Morgan fingerprint density at radius 2 is 1.90 bits per heavy atom. The van der Waals surface area contributed by atoms with Gasteiger partial charge in [-0.1, -0.05) is 6.07 Å². The van der Waals surface area contributed by atoms with E-state index in [-0.39, 0.29) is 35.4 Å². The third-order valence-electron chi connectivity index (χ3n) is 2.84. The van der Waals surface area contributed by atoms with Gasteiger partial charge < -0.3 is 0 Å². The van der Waals surface area contributed by atoms with E-state index in [0.29, 0.717) is 11.1 Å². The van der Waals surface area contributed by atoms with E-state index in [1.54, 1.807) is 25.1 Å². The van der Waals surface area contributed by atoms with E-state index >= 15 is 0 Å². The monoisotopic (exact) mass is 321 g/mol. The second kappa shape index (κ2) is 6.95. The van der Waals surface area contributed by atoms with E-state index in [1.165, 1.54) is 12.3 Å². The Kier molecular flexibility index (Phi) is 5.84. The zero-order chi connectivity index (χ0) is 14.0. The Balaban J connectivity index is 0.00000200. The lowest BCUT2D eigenvalue weighted by atomic mass is 10.0. The van der Waals surface area contributed by atoms with Gasteiger partial charge in [0.1, 0.15) is 11.5 Å². The highest BCUT2D eigenvalue weighted by Crippen LogP contribution is 2.28. The van der Waals surface area contributed by atoms with Gasteiger partial charge in [0.2, 0.25) is 0 Å². The molecule has 1 aromatic heterocycles. The first-order chi connectivity index (χ1) is 9.02. The van der Waals surface area contributed by atoms with Crippen molar-refractivity contribution in [2.75, 3.05) is 0 Å².